The van der Waals surface area contributed by atoms with Crippen LogP contribution in [0.5, 0.6) is 0 Å². The van der Waals surface area contributed by atoms with Gasteiger partial charge >= 0.3 is 0 Å². The summed E-state index contributed by atoms with van der Waals surface area (Å²) in [6.07, 6.45) is 5.50. The number of hydrogen-bond donors (Lipinski definition) is 0. The second kappa shape index (κ2) is 2.70. The van der Waals surface area contributed by atoms with Gasteiger partial charge in [-0.1, -0.05) is 32.4 Å². The molecular formula is C12H18O. The molecule has 0 heterocycles. The Morgan fingerprint density at radius 2 is 2.15 bits per heavy atom. The van der Waals surface area contributed by atoms with E-state index in [9.17, 15) is 4.79 Å². The number of carbonyl (C=O) groups is 1. The van der Waals surface area contributed by atoms with Crippen molar-refractivity contribution in [1.82, 2.24) is 0 Å². The van der Waals surface area contributed by atoms with E-state index in [2.05, 4.69) is 26.8 Å². The lowest BCUT2D eigenvalue weighted by Gasteiger charge is -2.44. The molecule has 0 aliphatic heterocycles. The molecule has 1 fully saturated rings. The summed E-state index contributed by atoms with van der Waals surface area (Å²) < 4.78 is 0. The van der Waals surface area contributed by atoms with E-state index < -0.39 is 0 Å². The van der Waals surface area contributed by atoms with Crippen LogP contribution in [0.15, 0.2) is 11.6 Å². The SMILES string of the molecule is CC1CCC=C1C1C(=O)CC1(C)C. The zero-order valence-corrected chi connectivity index (χ0v) is 8.76. The Kier molecular flexibility index (Phi) is 1.86. The van der Waals surface area contributed by atoms with Crippen LogP contribution in [0.1, 0.15) is 40.0 Å². The first-order valence-electron chi connectivity index (χ1n) is 5.25. The van der Waals surface area contributed by atoms with Gasteiger partial charge in [0.15, 0.2) is 0 Å². The van der Waals surface area contributed by atoms with E-state index in [1.165, 1.54) is 18.4 Å². The quantitative estimate of drug-likeness (QED) is 0.564. The molecule has 1 saturated carbocycles. The van der Waals surface area contributed by atoms with Crippen molar-refractivity contribution in [1.29, 1.82) is 0 Å². The molecule has 0 saturated heterocycles. The average Bonchev–Trinajstić information content (AvgIpc) is 2.35. The van der Waals surface area contributed by atoms with Gasteiger partial charge in [0.2, 0.25) is 0 Å². The van der Waals surface area contributed by atoms with Crippen molar-refractivity contribution >= 4 is 5.78 Å². The van der Waals surface area contributed by atoms with E-state index in [-0.39, 0.29) is 11.3 Å². The third kappa shape index (κ3) is 1.25. The van der Waals surface area contributed by atoms with Crippen LogP contribution in [-0.4, -0.2) is 5.78 Å². The summed E-state index contributed by atoms with van der Waals surface area (Å²) in [4.78, 5) is 11.5. The fourth-order valence-electron chi connectivity index (χ4n) is 2.87. The van der Waals surface area contributed by atoms with Crippen LogP contribution in [0.4, 0.5) is 0 Å². The van der Waals surface area contributed by atoms with Gasteiger partial charge in [0.25, 0.3) is 0 Å². The number of allylic oxidation sites excluding steroid dienone is 2. The molecule has 0 aromatic carbocycles. The molecule has 0 amide bonds. The maximum Gasteiger partial charge on any atom is 0.141 e. The molecule has 72 valence electrons. The highest BCUT2D eigenvalue weighted by Gasteiger charge is 2.49. The normalized spacial score (nSPS) is 37.2. The molecule has 0 N–H and O–H groups in total. The molecule has 2 aliphatic carbocycles. The fourth-order valence-corrected chi connectivity index (χ4v) is 2.87. The van der Waals surface area contributed by atoms with Crippen LogP contribution in [0.25, 0.3) is 0 Å². The first kappa shape index (κ1) is 8.98. The number of rotatable bonds is 1. The minimum atomic E-state index is 0.238. The van der Waals surface area contributed by atoms with Gasteiger partial charge in [-0.3, -0.25) is 4.79 Å². The number of Topliss-reactive ketones (excluding diaryl/α,β-unsaturated/α-hetero) is 1. The molecule has 0 aromatic heterocycles. The summed E-state index contributed by atoms with van der Waals surface area (Å²) in [7, 11) is 0. The molecule has 1 heteroatoms. The minimum absolute atomic E-state index is 0.238. The van der Waals surface area contributed by atoms with Crippen molar-refractivity contribution in [3.05, 3.63) is 11.6 Å². The maximum absolute atomic E-state index is 11.5. The third-order valence-corrected chi connectivity index (χ3v) is 3.62. The fraction of sp³-hybridized carbons (Fsp3) is 0.750. The van der Waals surface area contributed by atoms with Crippen molar-refractivity contribution < 1.29 is 4.79 Å². The highest BCUT2D eigenvalue weighted by atomic mass is 16.1. The molecule has 0 radical (unpaired) electrons. The highest BCUT2D eigenvalue weighted by Crippen LogP contribution is 2.50. The van der Waals surface area contributed by atoms with Gasteiger partial charge in [-0.25, -0.2) is 0 Å². The van der Waals surface area contributed by atoms with Crippen molar-refractivity contribution in [2.45, 2.75) is 40.0 Å². The molecule has 1 nitrogen and oxygen atoms in total. The van der Waals surface area contributed by atoms with Gasteiger partial charge in [0.05, 0.1) is 0 Å². The molecule has 0 spiro atoms. The molecule has 2 unspecified atom stereocenters. The molecular weight excluding hydrogens is 160 g/mol. The van der Waals surface area contributed by atoms with Crippen molar-refractivity contribution in [2.24, 2.45) is 17.3 Å². The Morgan fingerprint density at radius 3 is 2.54 bits per heavy atom. The lowest BCUT2D eigenvalue weighted by atomic mass is 9.57. The van der Waals surface area contributed by atoms with Crippen LogP contribution in [0.3, 0.4) is 0 Å². The Morgan fingerprint density at radius 1 is 1.46 bits per heavy atom. The molecule has 2 atom stereocenters. The smallest absolute Gasteiger partial charge is 0.141 e. The second-order valence-corrected chi connectivity index (χ2v) is 5.25. The molecule has 0 bridgehead atoms. The van der Waals surface area contributed by atoms with Gasteiger partial charge in [-0.2, -0.15) is 0 Å². The van der Waals surface area contributed by atoms with Gasteiger partial charge in [-0.05, 0) is 24.2 Å². The topological polar surface area (TPSA) is 17.1 Å². The van der Waals surface area contributed by atoms with Gasteiger partial charge in [-0.15, -0.1) is 0 Å². The average molecular weight is 178 g/mol. The predicted octanol–water partition coefficient (Wildman–Crippen LogP) is 2.96. The number of carbonyl (C=O) groups excluding carboxylic acids is 1. The van der Waals surface area contributed by atoms with Gasteiger partial charge < -0.3 is 0 Å². The highest BCUT2D eigenvalue weighted by molar-refractivity contribution is 5.91. The summed E-state index contributed by atoms with van der Waals surface area (Å²) in [5.41, 5.74) is 1.67. The molecule has 2 aliphatic rings. The lowest BCUT2D eigenvalue weighted by Crippen LogP contribution is -2.46. The monoisotopic (exact) mass is 178 g/mol. The van der Waals surface area contributed by atoms with E-state index in [4.69, 9.17) is 0 Å². The summed E-state index contributed by atoms with van der Waals surface area (Å²) >= 11 is 0. The van der Waals surface area contributed by atoms with E-state index >= 15 is 0 Å². The Bertz CT molecular complexity index is 273. The van der Waals surface area contributed by atoms with E-state index in [1.54, 1.807) is 0 Å². The summed E-state index contributed by atoms with van der Waals surface area (Å²) in [5, 5.41) is 0. The van der Waals surface area contributed by atoms with Gasteiger partial charge in [0.1, 0.15) is 5.78 Å². The first-order valence-corrected chi connectivity index (χ1v) is 5.25. The molecule has 13 heavy (non-hydrogen) atoms. The summed E-state index contributed by atoms with van der Waals surface area (Å²) in [6, 6.07) is 0. The van der Waals surface area contributed by atoms with Crippen LogP contribution in [0.2, 0.25) is 0 Å². The number of ketones is 1. The summed E-state index contributed by atoms with van der Waals surface area (Å²) in [6.45, 7) is 6.68. The van der Waals surface area contributed by atoms with Crippen LogP contribution in [-0.2, 0) is 4.79 Å². The zero-order valence-electron chi connectivity index (χ0n) is 8.76. The second-order valence-electron chi connectivity index (χ2n) is 5.25. The van der Waals surface area contributed by atoms with Crippen LogP contribution < -0.4 is 0 Å². The minimum Gasteiger partial charge on any atom is -0.299 e. The van der Waals surface area contributed by atoms with Crippen molar-refractivity contribution in [2.75, 3.05) is 0 Å². The van der Waals surface area contributed by atoms with E-state index in [0.717, 1.165) is 6.42 Å². The van der Waals surface area contributed by atoms with Crippen LogP contribution >= 0.6 is 0 Å². The predicted molar refractivity (Wildman–Crippen MR) is 53.4 cm³/mol. The Hall–Kier alpha value is -0.590. The van der Waals surface area contributed by atoms with Gasteiger partial charge in [0, 0.05) is 12.3 Å². The Labute approximate surface area is 80.2 Å². The van der Waals surface area contributed by atoms with Crippen LogP contribution in [0, 0.1) is 17.3 Å². The third-order valence-electron chi connectivity index (χ3n) is 3.62. The first-order chi connectivity index (χ1) is 6.02. The van der Waals surface area contributed by atoms with E-state index in [0.29, 0.717) is 11.7 Å². The molecule has 0 aromatic rings. The van der Waals surface area contributed by atoms with Crippen molar-refractivity contribution in [3.63, 3.8) is 0 Å². The lowest BCUT2D eigenvalue weighted by molar-refractivity contribution is -0.137. The van der Waals surface area contributed by atoms with E-state index in [1.807, 2.05) is 0 Å². The maximum atomic E-state index is 11.5. The number of hydrogen-bond acceptors (Lipinski definition) is 1. The standard InChI is InChI=1S/C12H18O/c1-8-5-4-6-9(8)11-10(13)7-12(11,2)3/h6,8,11H,4-5,7H2,1-3H3. The Balaban J connectivity index is 2.21. The summed E-state index contributed by atoms with van der Waals surface area (Å²) in [5.74, 6) is 1.36. The largest absolute Gasteiger partial charge is 0.299 e. The zero-order chi connectivity index (χ0) is 9.64. The molecule has 2 rings (SSSR count). The van der Waals surface area contributed by atoms with Crippen molar-refractivity contribution in [3.8, 4) is 0 Å².